The molecule has 1 aromatic rings. The highest BCUT2D eigenvalue weighted by atomic mass is 35.5. The Morgan fingerprint density at radius 3 is 2.41 bits per heavy atom. The first-order valence-electron chi connectivity index (χ1n) is 5.37. The van der Waals surface area contributed by atoms with E-state index in [4.69, 9.17) is 11.6 Å². The van der Waals surface area contributed by atoms with Crippen molar-refractivity contribution in [2.24, 2.45) is 0 Å². The summed E-state index contributed by atoms with van der Waals surface area (Å²) in [6.07, 6.45) is 0.617. The average Bonchev–Trinajstić information content (AvgIpc) is 2.58. The Labute approximate surface area is 107 Å². The summed E-state index contributed by atoms with van der Waals surface area (Å²) in [5.74, 6) is 0.221. The molecular formula is C10H18ClN3O2S. The summed E-state index contributed by atoms with van der Waals surface area (Å²) in [6, 6.07) is 0. The molecule has 0 fully saturated rings. The number of aromatic amines is 1. The van der Waals surface area contributed by atoms with Gasteiger partial charge in [-0.1, -0.05) is 6.92 Å². The van der Waals surface area contributed by atoms with Crippen LogP contribution in [-0.2, 0) is 10.0 Å². The van der Waals surface area contributed by atoms with E-state index in [0.717, 1.165) is 0 Å². The third-order valence-corrected chi connectivity index (χ3v) is 5.28. The Morgan fingerprint density at radius 1 is 1.47 bits per heavy atom. The molecule has 1 aromatic heterocycles. The average molecular weight is 280 g/mol. The van der Waals surface area contributed by atoms with Crippen molar-refractivity contribution in [3.8, 4) is 0 Å². The fraction of sp³-hybridized carbons (Fsp3) is 0.700. The first-order chi connectivity index (χ1) is 7.75. The normalized spacial score (nSPS) is 15.8. The smallest absolute Gasteiger partial charge is 0.244 e. The maximum Gasteiger partial charge on any atom is 0.244 e. The first kappa shape index (κ1) is 14.5. The monoisotopic (exact) mass is 279 g/mol. The van der Waals surface area contributed by atoms with Crippen LogP contribution in [0.25, 0.3) is 0 Å². The van der Waals surface area contributed by atoms with Crippen molar-refractivity contribution in [1.82, 2.24) is 14.9 Å². The van der Waals surface area contributed by atoms with Crippen molar-refractivity contribution in [1.29, 1.82) is 0 Å². The number of alkyl halides is 1. The van der Waals surface area contributed by atoms with Crippen LogP contribution in [0.5, 0.6) is 0 Å². The molecule has 0 aliphatic rings. The molecule has 1 unspecified atom stereocenters. The molecule has 0 aliphatic heterocycles. The van der Waals surface area contributed by atoms with Gasteiger partial charge in [0.2, 0.25) is 10.0 Å². The van der Waals surface area contributed by atoms with Gasteiger partial charge in [-0.05, 0) is 27.2 Å². The van der Waals surface area contributed by atoms with Gasteiger partial charge in [-0.15, -0.1) is 11.6 Å². The van der Waals surface area contributed by atoms with Crippen LogP contribution < -0.4 is 4.72 Å². The van der Waals surface area contributed by atoms with Crippen LogP contribution in [0.3, 0.4) is 0 Å². The van der Waals surface area contributed by atoms with E-state index in [1.165, 1.54) is 0 Å². The van der Waals surface area contributed by atoms with E-state index in [1.54, 1.807) is 20.8 Å². The highest BCUT2D eigenvalue weighted by molar-refractivity contribution is 7.89. The molecule has 17 heavy (non-hydrogen) atoms. The maximum atomic E-state index is 12.2. The number of nitrogens with one attached hydrogen (secondary N) is 2. The first-order valence-corrected chi connectivity index (χ1v) is 7.39. The molecule has 0 saturated heterocycles. The van der Waals surface area contributed by atoms with Crippen molar-refractivity contribution in [3.05, 3.63) is 11.4 Å². The lowest BCUT2D eigenvalue weighted by Gasteiger charge is -2.26. The highest BCUT2D eigenvalue weighted by Gasteiger charge is 2.31. The van der Waals surface area contributed by atoms with E-state index in [9.17, 15) is 8.42 Å². The van der Waals surface area contributed by atoms with E-state index in [0.29, 0.717) is 17.8 Å². The third kappa shape index (κ3) is 3.00. The maximum absolute atomic E-state index is 12.2. The minimum atomic E-state index is -3.59. The highest BCUT2D eigenvalue weighted by Crippen LogP contribution is 2.21. The molecule has 5 nitrogen and oxygen atoms in total. The second kappa shape index (κ2) is 4.96. The molecule has 0 bridgehead atoms. The van der Waals surface area contributed by atoms with Gasteiger partial charge < -0.3 is 0 Å². The number of aryl methyl sites for hydroxylation is 2. The zero-order valence-electron chi connectivity index (χ0n) is 10.5. The molecule has 0 saturated carbocycles. The SMILES string of the molecule is CCC(C)(CCl)NS(=O)(=O)c1c(C)n[nH]c1C. The summed E-state index contributed by atoms with van der Waals surface area (Å²) < 4.78 is 27.1. The molecule has 2 N–H and O–H groups in total. The lowest BCUT2D eigenvalue weighted by molar-refractivity contribution is 0.444. The van der Waals surface area contributed by atoms with Crippen LogP contribution >= 0.6 is 11.6 Å². The summed E-state index contributed by atoms with van der Waals surface area (Å²) in [4.78, 5) is 0.210. The summed E-state index contributed by atoms with van der Waals surface area (Å²) in [6.45, 7) is 7.00. The number of sulfonamides is 1. The number of nitrogens with zero attached hydrogens (tertiary/aromatic N) is 1. The van der Waals surface area contributed by atoms with Gasteiger partial charge in [0.1, 0.15) is 4.90 Å². The van der Waals surface area contributed by atoms with Gasteiger partial charge in [0.15, 0.2) is 0 Å². The van der Waals surface area contributed by atoms with E-state index < -0.39 is 15.6 Å². The zero-order chi connectivity index (χ0) is 13.3. The van der Waals surface area contributed by atoms with Crippen molar-refractivity contribution in [2.45, 2.75) is 44.6 Å². The van der Waals surface area contributed by atoms with Crippen LogP contribution in [0.4, 0.5) is 0 Å². The number of halogens is 1. The Bertz CT molecular complexity index is 472. The van der Waals surface area contributed by atoms with Crippen LogP contribution in [0.2, 0.25) is 0 Å². The Hall–Kier alpha value is -0.590. The minimum Gasteiger partial charge on any atom is -0.281 e. The molecule has 0 spiro atoms. The summed E-state index contributed by atoms with van der Waals surface area (Å²) in [7, 11) is -3.59. The number of hydrogen-bond donors (Lipinski definition) is 2. The Balaban J connectivity index is 3.14. The molecule has 1 rings (SSSR count). The predicted molar refractivity (Wildman–Crippen MR) is 67.8 cm³/mol. The van der Waals surface area contributed by atoms with Gasteiger partial charge in [-0.2, -0.15) is 5.10 Å². The topological polar surface area (TPSA) is 74.8 Å². The summed E-state index contributed by atoms with van der Waals surface area (Å²) in [5, 5.41) is 6.55. The summed E-state index contributed by atoms with van der Waals surface area (Å²) >= 11 is 5.81. The van der Waals surface area contributed by atoms with Gasteiger partial charge >= 0.3 is 0 Å². The molecule has 0 radical (unpaired) electrons. The quantitative estimate of drug-likeness (QED) is 0.806. The second-order valence-corrected chi connectivity index (χ2v) is 6.30. The molecule has 98 valence electrons. The molecule has 7 heteroatoms. The van der Waals surface area contributed by atoms with Crippen LogP contribution in [0.1, 0.15) is 31.7 Å². The number of hydrogen-bond acceptors (Lipinski definition) is 3. The minimum absolute atomic E-state index is 0.210. The molecule has 1 heterocycles. The third-order valence-electron chi connectivity index (χ3n) is 2.79. The van der Waals surface area contributed by atoms with Crippen molar-refractivity contribution in [3.63, 3.8) is 0 Å². The molecule has 0 aromatic carbocycles. The second-order valence-electron chi connectivity index (χ2n) is 4.42. The van der Waals surface area contributed by atoms with E-state index in [2.05, 4.69) is 14.9 Å². The number of H-pyrrole nitrogens is 1. The van der Waals surface area contributed by atoms with Crippen molar-refractivity contribution in [2.75, 3.05) is 5.88 Å². The van der Waals surface area contributed by atoms with E-state index >= 15 is 0 Å². The standard InChI is InChI=1S/C10H18ClN3O2S/c1-5-10(4,6-11)14-17(15,16)9-7(2)12-13-8(9)3/h14H,5-6H2,1-4H3,(H,12,13). The van der Waals surface area contributed by atoms with Gasteiger partial charge in [-0.3, -0.25) is 5.10 Å². The summed E-state index contributed by atoms with van der Waals surface area (Å²) in [5.41, 5.74) is 0.349. The Morgan fingerprint density at radius 2 is 2.06 bits per heavy atom. The number of rotatable bonds is 5. The molecule has 0 aliphatic carbocycles. The predicted octanol–water partition coefficient (Wildman–Crippen LogP) is 1.71. The van der Waals surface area contributed by atoms with E-state index in [-0.39, 0.29) is 10.8 Å². The molecule has 0 amide bonds. The van der Waals surface area contributed by atoms with Crippen LogP contribution in [0.15, 0.2) is 4.90 Å². The van der Waals surface area contributed by atoms with Crippen LogP contribution in [0, 0.1) is 13.8 Å². The fourth-order valence-electron chi connectivity index (χ4n) is 1.51. The van der Waals surface area contributed by atoms with Crippen molar-refractivity contribution < 1.29 is 8.42 Å². The van der Waals surface area contributed by atoms with E-state index in [1.807, 2.05) is 6.92 Å². The van der Waals surface area contributed by atoms with Gasteiger partial charge in [0, 0.05) is 11.4 Å². The molecular weight excluding hydrogens is 262 g/mol. The lowest BCUT2D eigenvalue weighted by atomic mass is 10.0. The Kier molecular flexibility index (Phi) is 4.22. The van der Waals surface area contributed by atoms with Crippen LogP contribution in [-0.4, -0.2) is 30.0 Å². The lowest BCUT2D eigenvalue weighted by Crippen LogP contribution is -2.47. The van der Waals surface area contributed by atoms with Gasteiger partial charge in [-0.25, -0.2) is 13.1 Å². The van der Waals surface area contributed by atoms with Gasteiger partial charge in [0.05, 0.1) is 11.4 Å². The van der Waals surface area contributed by atoms with Gasteiger partial charge in [0.25, 0.3) is 0 Å². The zero-order valence-corrected chi connectivity index (χ0v) is 12.0. The van der Waals surface area contributed by atoms with Crippen molar-refractivity contribution >= 4 is 21.6 Å². The largest absolute Gasteiger partial charge is 0.281 e. The molecule has 1 atom stereocenters. The number of aromatic nitrogens is 2. The fourth-order valence-corrected chi connectivity index (χ4v) is 3.69.